The maximum Gasteiger partial charge on any atom is 0.203 e. The van der Waals surface area contributed by atoms with Gasteiger partial charge in [0, 0.05) is 5.92 Å². The monoisotopic (exact) mass is 383 g/mol. The summed E-state index contributed by atoms with van der Waals surface area (Å²) in [6, 6.07) is 3.40. The summed E-state index contributed by atoms with van der Waals surface area (Å²) in [5.74, 6) is 1.40. The summed E-state index contributed by atoms with van der Waals surface area (Å²) >= 11 is 0. The topological polar surface area (TPSA) is 76.6 Å². The van der Waals surface area contributed by atoms with Crippen LogP contribution in [0.15, 0.2) is 18.5 Å². The molecule has 1 N–H and O–H groups in total. The first-order chi connectivity index (χ1) is 13.6. The number of hydrogen-bond donors (Lipinski definition) is 1. The van der Waals surface area contributed by atoms with Crippen LogP contribution in [0.25, 0.3) is 11.2 Å². The van der Waals surface area contributed by atoms with Gasteiger partial charge >= 0.3 is 0 Å². The lowest BCUT2D eigenvalue weighted by molar-refractivity contribution is 0.345. The molecular formula is C21H26FN5O. The Bertz CT molecular complexity index is 969. The highest BCUT2D eigenvalue weighted by molar-refractivity contribution is 5.72. The summed E-state index contributed by atoms with van der Waals surface area (Å²) in [5.41, 5.74) is 4.61. The van der Waals surface area contributed by atoms with Crippen molar-refractivity contribution in [3.05, 3.63) is 41.1 Å². The van der Waals surface area contributed by atoms with Gasteiger partial charge in [-0.1, -0.05) is 13.3 Å². The van der Waals surface area contributed by atoms with E-state index < -0.39 is 0 Å². The largest absolute Gasteiger partial charge is 0.494 e. The van der Waals surface area contributed by atoms with Crippen molar-refractivity contribution in [2.24, 2.45) is 11.8 Å². The third kappa shape index (κ3) is 3.57. The number of aromatic nitrogens is 5. The van der Waals surface area contributed by atoms with E-state index in [-0.39, 0.29) is 5.82 Å². The Kier molecular flexibility index (Phi) is 5.24. The lowest BCUT2D eigenvalue weighted by atomic mass is 9.79. The lowest BCUT2D eigenvalue weighted by Gasteiger charge is -2.26. The number of nitrogens with one attached hydrogen (secondary N) is 1. The molecule has 2 atom stereocenters. The molecule has 1 saturated carbocycles. The Balaban J connectivity index is 1.59. The number of aromatic amines is 1. The number of halogens is 1. The highest BCUT2D eigenvalue weighted by Crippen LogP contribution is 2.49. The van der Waals surface area contributed by atoms with Crippen molar-refractivity contribution in [2.45, 2.75) is 51.9 Å². The summed E-state index contributed by atoms with van der Waals surface area (Å²) in [7, 11) is 1.50. The molecule has 1 aliphatic carbocycles. The van der Waals surface area contributed by atoms with Gasteiger partial charge in [0.2, 0.25) is 5.65 Å². The predicted molar refractivity (Wildman–Crippen MR) is 105 cm³/mol. The Morgan fingerprint density at radius 2 is 2.11 bits per heavy atom. The second-order valence-corrected chi connectivity index (χ2v) is 7.76. The number of hydrogen-bond acceptors (Lipinski definition) is 5. The molecule has 4 rings (SSSR count). The standard InChI is InChI=1S/C21H26FN5O/c1-4-13(5-8-15-10-16(22)17(28-3)9-12(15)2)18(14-6-7-14)19-20-21(24-11-23-20)26-27-25-19/h9-11,13-14,18H,4-8H2,1-3H3,(H,23,24,25,26). The van der Waals surface area contributed by atoms with Crippen LogP contribution < -0.4 is 4.74 Å². The van der Waals surface area contributed by atoms with E-state index in [2.05, 4.69) is 32.3 Å². The maximum absolute atomic E-state index is 14.2. The minimum Gasteiger partial charge on any atom is -0.494 e. The quantitative estimate of drug-likeness (QED) is 0.625. The Labute approximate surface area is 163 Å². The maximum atomic E-state index is 14.2. The molecule has 28 heavy (non-hydrogen) atoms. The highest BCUT2D eigenvalue weighted by atomic mass is 19.1. The molecule has 2 heterocycles. The van der Waals surface area contributed by atoms with Gasteiger partial charge in [-0.15, -0.1) is 10.2 Å². The average Bonchev–Trinajstić information content (AvgIpc) is 3.42. The van der Waals surface area contributed by atoms with Gasteiger partial charge in [-0.05, 0) is 72.9 Å². The van der Waals surface area contributed by atoms with E-state index in [4.69, 9.17) is 4.74 Å². The summed E-state index contributed by atoms with van der Waals surface area (Å²) in [6.07, 6.45) is 6.94. The lowest BCUT2D eigenvalue weighted by Crippen LogP contribution is -2.18. The van der Waals surface area contributed by atoms with Gasteiger partial charge in [-0.25, -0.2) is 9.37 Å². The Morgan fingerprint density at radius 3 is 2.82 bits per heavy atom. The molecule has 1 aliphatic rings. The zero-order chi connectivity index (χ0) is 19.7. The molecule has 0 spiro atoms. The van der Waals surface area contributed by atoms with Crippen LogP contribution in [0.5, 0.6) is 5.75 Å². The number of methoxy groups -OCH3 is 1. The van der Waals surface area contributed by atoms with Gasteiger partial charge in [0.05, 0.1) is 19.1 Å². The zero-order valence-electron chi connectivity index (χ0n) is 16.6. The third-order valence-corrected chi connectivity index (χ3v) is 6.04. The van der Waals surface area contributed by atoms with Crippen LogP contribution in [0.4, 0.5) is 4.39 Å². The van der Waals surface area contributed by atoms with Crippen molar-refractivity contribution < 1.29 is 9.13 Å². The smallest absolute Gasteiger partial charge is 0.203 e. The van der Waals surface area contributed by atoms with Crippen LogP contribution >= 0.6 is 0 Å². The minimum absolute atomic E-state index is 0.297. The molecule has 0 bridgehead atoms. The molecular weight excluding hydrogens is 357 g/mol. The fraction of sp³-hybridized carbons (Fsp3) is 0.524. The van der Waals surface area contributed by atoms with E-state index in [0.29, 0.717) is 29.2 Å². The molecule has 6 nitrogen and oxygen atoms in total. The number of ether oxygens (including phenoxy) is 1. The molecule has 0 aliphatic heterocycles. The van der Waals surface area contributed by atoms with E-state index in [1.54, 1.807) is 18.5 Å². The highest BCUT2D eigenvalue weighted by Gasteiger charge is 2.39. The van der Waals surface area contributed by atoms with Gasteiger partial charge in [0.25, 0.3) is 0 Å². The zero-order valence-corrected chi connectivity index (χ0v) is 16.6. The molecule has 2 unspecified atom stereocenters. The number of fused-ring (bicyclic) bond motifs is 1. The first kappa shape index (κ1) is 18.8. The molecule has 1 aromatic carbocycles. The van der Waals surface area contributed by atoms with Crippen molar-refractivity contribution in [1.29, 1.82) is 0 Å². The Morgan fingerprint density at radius 1 is 1.29 bits per heavy atom. The van der Waals surface area contributed by atoms with E-state index in [1.165, 1.54) is 20.0 Å². The number of imidazole rings is 1. The van der Waals surface area contributed by atoms with E-state index in [9.17, 15) is 4.39 Å². The third-order valence-electron chi connectivity index (χ3n) is 6.04. The molecule has 7 heteroatoms. The van der Waals surface area contributed by atoms with Gasteiger partial charge in [-0.2, -0.15) is 0 Å². The second kappa shape index (κ2) is 7.81. The van der Waals surface area contributed by atoms with Gasteiger partial charge < -0.3 is 9.72 Å². The fourth-order valence-corrected chi connectivity index (χ4v) is 4.33. The fourth-order valence-electron chi connectivity index (χ4n) is 4.33. The van der Waals surface area contributed by atoms with Crippen LogP contribution in [0, 0.1) is 24.6 Å². The van der Waals surface area contributed by atoms with E-state index >= 15 is 0 Å². The second-order valence-electron chi connectivity index (χ2n) is 7.76. The molecule has 0 amide bonds. The van der Waals surface area contributed by atoms with Crippen molar-refractivity contribution in [3.63, 3.8) is 0 Å². The SMILES string of the molecule is CCC(CCc1cc(F)c(OC)cc1C)C(c1nnnc2nc[nH]c12)C1CC1. The summed E-state index contributed by atoms with van der Waals surface area (Å²) in [4.78, 5) is 7.43. The van der Waals surface area contributed by atoms with Crippen LogP contribution in [-0.2, 0) is 6.42 Å². The molecule has 3 aromatic rings. The number of rotatable bonds is 8. The molecule has 148 valence electrons. The van der Waals surface area contributed by atoms with Gasteiger partial charge in [0.1, 0.15) is 5.52 Å². The van der Waals surface area contributed by atoms with Crippen LogP contribution in [0.3, 0.4) is 0 Å². The van der Waals surface area contributed by atoms with Crippen LogP contribution in [0.1, 0.15) is 55.3 Å². The molecule has 0 radical (unpaired) electrons. The summed E-state index contributed by atoms with van der Waals surface area (Å²) in [5, 5.41) is 12.4. The minimum atomic E-state index is -0.297. The summed E-state index contributed by atoms with van der Waals surface area (Å²) < 4.78 is 19.3. The average molecular weight is 383 g/mol. The molecule has 0 saturated heterocycles. The number of benzene rings is 1. The summed E-state index contributed by atoms with van der Waals surface area (Å²) in [6.45, 7) is 4.24. The number of H-pyrrole nitrogens is 1. The van der Waals surface area contributed by atoms with E-state index in [1.807, 2.05) is 6.92 Å². The Hall–Kier alpha value is -2.57. The first-order valence-electron chi connectivity index (χ1n) is 9.97. The van der Waals surface area contributed by atoms with Crippen molar-refractivity contribution in [3.8, 4) is 5.75 Å². The van der Waals surface area contributed by atoms with Crippen molar-refractivity contribution in [2.75, 3.05) is 7.11 Å². The van der Waals surface area contributed by atoms with Gasteiger partial charge in [0.15, 0.2) is 11.6 Å². The normalized spacial score (nSPS) is 16.3. The molecule has 2 aromatic heterocycles. The van der Waals surface area contributed by atoms with Crippen molar-refractivity contribution >= 4 is 11.2 Å². The first-order valence-corrected chi connectivity index (χ1v) is 9.97. The van der Waals surface area contributed by atoms with Crippen LogP contribution in [-0.4, -0.2) is 32.5 Å². The van der Waals surface area contributed by atoms with E-state index in [0.717, 1.165) is 41.6 Å². The predicted octanol–water partition coefficient (Wildman–Crippen LogP) is 4.36. The van der Waals surface area contributed by atoms with Crippen LogP contribution in [0.2, 0.25) is 0 Å². The number of nitrogens with zero attached hydrogens (tertiary/aromatic N) is 4. The number of aryl methyl sites for hydroxylation is 2. The molecule has 1 fully saturated rings. The van der Waals surface area contributed by atoms with Gasteiger partial charge in [-0.3, -0.25) is 0 Å². The van der Waals surface area contributed by atoms with Crippen molar-refractivity contribution in [1.82, 2.24) is 25.4 Å².